The molecule has 0 aliphatic carbocycles. The molecule has 1 aliphatic heterocycles. The van der Waals surface area contributed by atoms with Gasteiger partial charge in [-0.3, -0.25) is 10.1 Å². The number of nitrogens with two attached hydrogens (primary N) is 1. The Labute approximate surface area is 120 Å². The van der Waals surface area contributed by atoms with Gasteiger partial charge in [0.15, 0.2) is 11.5 Å². The van der Waals surface area contributed by atoms with E-state index in [4.69, 9.17) is 10.9 Å². The maximum atomic E-state index is 11.0. The molecule has 9 nitrogen and oxygen atoms in total. The Kier molecular flexibility index (Phi) is 4.22. The molecular weight excluding hydrogens is 278 g/mol. The van der Waals surface area contributed by atoms with Crippen LogP contribution in [0.15, 0.2) is 17.3 Å². The van der Waals surface area contributed by atoms with Gasteiger partial charge in [0.2, 0.25) is 0 Å². The molecule has 2 heterocycles. The van der Waals surface area contributed by atoms with E-state index in [1.54, 1.807) is 0 Å². The molecule has 1 saturated heterocycles. The summed E-state index contributed by atoms with van der Waals surface area (Å²) in [5, 5.41) is 32.0. The second-order valence-corrected chi connectivity index (χ2v) is 4.99. The summed E-state index contributed by atoms with van der Waals surface area (Å²) >= 11 is 0. The summed E-state index contributed by atoms with van der Waals surface area (Å²) in [6.45, 7) is 2.68. The highest BCUT2D eigenvalue weighted by Crippen LogP contribution is 2.30. The predicted octanol–water partition coefficient (Wildman–Crippen LogP) is 0.291. The van der Waals surface area contributed by atoms with Gasteiger partial charge in [0.05, 0.1) is 17.6 Å². The standard InChI is InChI=1S/C12H17N5O4/c1-7-4-5-16(9(7)6-18)10-3-2-8(17(20)21)11(14-10)12(13)15-19/h2-3,7,9,18-19H,4-6H2,1H3,(H2,13,15). The quantitative estimate of drug-likeness (QED) is 0.238. The molecule has 21 heavy (non-hydrogen) atoms. The van der Waals surface area contributed by atoms with Crippen LogP contribution in [0.25, 0.3) is 0 Å². The van der Waals surface area contributed by atoms with E-state index in [0.29, 0.717) is 18.3 Å². The number of nitrogens with zero attached hydrogens (tertiary/aromatic N) is 4. The zero-order chi connectivity index (χ0) is 15.6. The molecule has 0 saturated carbocycles. The van der Waals surface area contributed by atoms with Gasteiger partial charge >= 0.3 is 0 Å². The zero-order valence-corrected chi connectivity index (χ0v) is 11.5. The molecule has 1 aliphatic rings. The van der Waals surface area contributed by atoms with Crippen molar-refractivity contribution in [3.63, 3.8) is 0 Å². The monoisotopic (exact) mass is 295 g/mol. The third-order valence-electron chi connectivity index (χ3n) is 3.77. The minimum Gasteiger partial charge on any atom is -0.409 e. The van der Waals surface area contributed by atoms with Crippen LogP contribution in [0.4, 0.5) is 11.5 Å². The topological polar surface area (TPSA) is 138 Å². The normalized spacial score (nSPS) is 22.6. The van der Waals surface area contributed by atoms with Crippen molar-refractivity contribution in [2.24, 2.45) is 16.8 Å². The Morgan fingerprint density at radius 2 is 2.38 bits per heavy atom. The van der Waals surface area contributed by atoms with E-state index in [1.807, 2.05) is 11.8 Å². The van der Waals surface area contributed by atoms with Crippen molar-refractivity contribution in [1.29, 1.82) is 0 Å². The number of rotatable bonds is 4. The lowest BCUT2D eigenvalue weighted by Gasteiger charge is -2.26. The molecule has 1 aromatic heterocycles. The fourth-order valence-electron chi connectivity index (χ4n) is 2.56. The number of aliphatic hydroxyl groups is 1. The van der Waals surface area contributed by atoms with Crippen molar-refractivity contribution in [1.82, 2.24) is 4.98 Å². The number of aromatic nitrogens is 1. The maximum Gasteiger partial charge on any atom is 0.298 e. The zero-order valence-electron chi connectivity index (χ0n) is 11.5. The highest BCUT2D eigenvalue weighted by molar-refractivity contribution is 5.99. The number of aliphatic hydroxyl groups excluding tert-OH is 1. The lowest BCUT2D eigenvalue weighted by Crippen LogP contribution is -2.36. The molecule has 2 atom stereocenters. The summed E-state index contributed by atoms with van der Waals surface area (Å²) in [6.07, 6.45) is 0.892. The molecule has 0 amide bonds. The second kappa shape index (κ2) is 5.92. The predicted molar refractivity (Wildman–Crippen MR) is 75.4 cm³/mol. The van der Waals surface area contributed by atoms with E-state index in [0.717, 1.165) is 6.42 Å². The van der Waals surface area contributed by atoms with Gasteiger partial charge in [-0.05, 0) is 18.4 Å². The van der Waals surface area contributed by atoms with Gasteiger partial charge in [-0.15, -0.1) is 0 Å². The first kappa shape index (κ1) is 15.0. The van der Waals surface area contributed by atoms with Crippen LogP contribution in [0, 0.1) is 16.0 Å². The van der Waals surface area contributed by atoms with Crippen LogP contribution in [0.3, 0.4) is 0 Å². The molecule has 9 heteroatoms. The number of hydrogen-bond acceptors (Lipinski definition) is 7. The average Bonchev–Trinajstić information content (AvgIpc) is 2.86. The molecular formula is C12H17N5O4. The van der Waals surface area contributed by atoms with Crippen molar-refractivity contribution < 1.29 is 15.2 Å². The minimum atomic E-state index is -0.639. The summed E-state index contributed by atoms with van der Waals surface area (Å²) in [5.41, 5.74) is 4.94. The van der Waals surface area contributed by atoms with E-state index < -0.39 is 10.8 Å². The molecule has 0 radical (unpaired) electrons. The van der Waals surface area contributed by atoms with Crippen molar-refractivity contribution >= 4 is 17.3 Å². The van der Waals surface area contributed by atoms with Gasteiger partial charge in [0.1, 0.15) is 5.82 Å². The first-order valence-corrected chi connectivity index (χ1v) is 6.50. The van der Waals surface area contributed by atoms with Gasteiger partial charge in [-0.2, -0.15) is 0 Å². The maximum absolute atomic E-state index is 11.0. The number of hydrogen-bond donors (Lipinski definition) is 3. The Morgan fingerprint density at radius 3 is 2.95 bits per heavy atom. The van der Waals surface area contributed by atoms with E-state index >= 15 is 0 Å². The molecule has 2 unspecified atom stereocenters. The summed E-state index contributed by atoms with van der Waals surface area (Å²) in [6, 6.07) is 2.68. The highest BCUT2D eigenvalue weighted by Gasteiger charge is 2.32. The van der Waals surface area contributed by atoms with Gasteiger partial charge in [0, 0.05) is 12.6 Å². The van der Waals surface area contributed by atoms with Crippen LogP contribution in [-0.4, -0.2) is 45.3 Å². The summed E-state index contributed by atoms with van der Waals surface area (Å²) in [5.74, 6) is 0.334. The molecule has 0 aromatic carbocycles. The van der Waals surface area contributed by atoms with Crippen LogP contribution in [0.2, 0.25) is 0 Å². The third kappa shape index (κ3) is 2.72. The summed E-state index contributed by atoms with van der Waals surface area (Å²) in [7, 11) is 0. The van der Waals surface area contributed by atoms with Crippen molar-refractivity contribution in [2.75, 3.05) is 18.1 Å². The fraction of sp³-hybridized carbons (Fsp3) is 0.500. The molecule has 0 spiro atoms. The van der Waals surface area contributed by atoms with Crippen molar-refractivity contribution in [3.05, 3.63) is 27.9 Å². The summed E-state index contributed by atoms with van der Waals surface area (Å²) < 4.78 is 0. The number of pyridine rings is 1. The van der Waals surface area contributed by atoms with Gasteiger partial charge in [0.25, 0.3) is 5.69 Å². The Hall–Kier alpha value is -2.42. The number of amidine groups is 1. The third-order valence-corrected chi connectivity index (χ3v) is 3.77. The smallest absolute Gasteiger partial charge is 0.298 e. The largest absolute Gasteiger partial charge is 0.409 e. The van der Waals surface area contributed by atoms with E-state index in [9.17, 15) is 15.2 Å². The fourth-order valence-corrected chi connectivity index (χ4v) is 2.56. The van der Waals surface area contributed by atoms with Crippen LogP contribution in [0.1, 0.15) is 19.0 Å². The summed E-state index contributed by atoms with van der Waals surface area (Å²) in [4.78, 5) is 16.3. The first-order valence-electron chi connectivity index (χ1n) is 6.50. The van der Waals surface area contributed by atoms with Gasteiger partial charge in [-0.1, -0.05) is 12.1 Å². The molecule has 1 aromatic rings. The second-order valence-electron chi connectivity index (χ2n) is 4.99. The van der Waals surface area contributed by atoms with Crippen molar-refractivity contribution in [2.45, 2.75) is 19.4 Å². The average molecular weight is 295 g/mol. The lowest BCUT2D eigenvalue weighted by molar-refractivity contribution is -0.385. The highest BCUT2D eigenvalue weighted by atomic mass is 16.6. The number of nitro groups is 1. The molecule has 1 fully saturated rings. The van der Waals surface area contributed by atoms with Crippen LogP contribution >= 0.6 is 0 Å². The Bertz CT molecular complexity index is 577. The molecule has 2 rings (SSSR count). The molecule has 0 bridgehead atoms. The van der Waals surface area contributed by atoms with Gasteiger partial charge < -0.3 is 20.9 Å². The van der Waals surface area contributed by atoms with Crippen LogP contribution in [0.5, 0.6) is 0 Å². The SMILES string of the molecule is CC1CCN(c2ccc([N+](=O)[O-])c(/C(N)=N/O)n2)C1CO. The van der Waals surface area contributed by atoms with E-state index in [1.165, 1.54) is 12.1 Å². The van der Waals surface area contributed by atoms with Crippen molar-refractivity contribution in [3.8, 4) is 0 Å². The van der Waals surface area contributed by atoms with Crippen LogP contribution in [-0.2, 0) is 0 Å². The lowest BCUT2D eigenvalue weighted by atomic mass is 10.0. The van der Waals surface area contributed by atoms with Crippen LogP contribution < -0.4 is 10.6 Å². The molecule has 4 N–H and O–H groups in total. The number of anilines is 1. The Morgan fingerprint density at radius 1 is 1.67 bits per heavy atom. The minimum absolute atomic E-state index is 0.0290. The number of oxime groups is 1. The Balaban J connectivity index is 2.45. The first-order chi connectivity index (χ1) is 9.99. The van der Waals surface area contributed by atoms with E-state index in [2.05, 4.69) is 10.1 Å². The van der Waals surface area contributed by atoms with E-state index in [-0.39, 0.29) is 24.0 Å². The molecule has 114 valence electrons. The van der Waals surface area contributed by atoms with Gasteiger partial charge in [-0.25, -0.2) is 4.98 Å².